The first kappa shape index (κ1) is 31.6. The monoisotopic (exact) mass is 524 g/mol. The van der Waals surface area contributed by atoms with Crippen LogP contribution in [0.25, 0.3) is 6.08 Å². The predicted molar refractivity (Wildman–Crippen MR) is 156 cm³/mol. The van der Waals surface area contributed by atoms with E-state index in [2.05, 4.69) is 71.0 Å². The summed E-state index contributed by atoms with van der Waals surface area (Å²) < 4.78 is 5.82. The predicted octanol–water partition coefficient (Wildman–Crippen LogP) is 7.36. The van der Waals surface area contributed by atoms with E-state index in [9.17, 15) is 15.0 Å². The molecule has 0 amide bonds. The molecule has 0 spiro atoms. The number of benzene rings is 2. The van der Waals surface area contributed by atoms with Gasteiger partial charge in [-0.25, -0.2) is 0 Å². The van der Waals surface area contributed by atoms with Crippen LogP contribution in [0.4, 0.5) is 0 Å². The van der Waals surface area contributed by atoms with Crippen molar-refractivity contribution in [3.05, 3.63) is 70.3 Å². The molecule has 0 heterocycles. The molecule has 0 radical (unpaired) electrons. The topological polar surface area (TPSA) is 87.0 Å². The van der Waals surface area contributed by atoms with E-state index in [1.165, 1.54) is 16.7 Å². The third-order valence-corrected chi connectivity index (χ3v) is 7.82. The Labute approximate surface area is 229 Å². The van der Waals surface area contributed by atoms with Gasteiger partial charge in [0.15, 0.2) is 0 Å². The summed E-state index contributed by atoms with van der Waals surface area (Å²) in [5, 5.41) is 29.8. The Morgan fingerprint density at radius 1 is 0.947 bits per heavy atom. The lowest BCUT2D eigenvalue weighted by Crippen LogP contribution is -2.26. The molecule has 2 aromatic carbocycles. The summed E-state index contributed by atoms with van der Waals surface area (Å²) in [6, 6.07) is 12.9. The Morgan fingerprint density at radius 2 is 1.53 bits per heavy atom. The van der Waals surface area contributed by atoms with Crippen molar-refractivity contribution in [2.45, 2.75) is 110 Å². The van der Waals surface area contributed by atoms with Crippen molar-refractivity contribution in [1.29, 1.82) is 0 Å². The van der Waals surface area contributed by atoms with Crippen molar-refractivity contribution in [3.8, 4) is 5.75 Å². The maximum absolute atomic E-state index is 11.0. The van der Waals surface area contributed by atoms with Crippen molar-refractivity contribution in [3.63, 3.8) is 0 Å². The van der Waals surface area contributed by atoms with E-state index in [-0.39, 0.29) is 24.9 Å². The number of rotatable bonds is 16. The van der Waals surface area contributed by atoms with Gasteiger partial charge in [0.1, 0.15) is 12.4 Å². The molecule has 0 bridgehead atoms. The van der Waals surface area contributed by atoms with Gasteiger partial charge in [0, 0.05) is 11.8 Å². The Bertz CT molecular complexity index is 1060. The number of hydrogen-bond acceptors (Lipinski definition) is 4. The number of hydrogen-bond donors (Lipinski definition) is 3. The zero-order chi connectivity index (χ0) is 28.3. The number of carboxylic acid groups (broad SMARTS) is 1. The van der Waals surface area contributed by atoms with Crippen molar-refractivity contribution < 1.29 is 24.9 Å². The maximum Gasteiger partial charge on any atom is 0.303 e. The Morgan fingerprint density at radius 3 is 2.03 bits per heavy atom. The summed E-state index contributed by atoms with van der Waals surface area (Å²) in [5.74, 6) is -0.221. The second kappa shape index (κ2) is 14.5. The van der Waals surface area contributed by atoms with Gasteiger partial charge in [-0.3, -0.25) is 4.79 Å². The molecule has 0 aliphatic heterocycles. The molecule has 5 heteroatoms. The van der Waals surface area contributed by atoms with Gasteiger partial charge in [-0.15, -0.1) is 0 Å². The van der Waals surface area contributed by atoms with Crippen LogP contribution in [-0.4, -0.2) is 39.6 Å². The van der Waals surface area contributed by atoms with Gasteiger partial charge < -0.3 is 20.1 Å². The van der Waals surface area contributed by atoms with Crippen LogP contribution in [0.2, 0.25) is 0 Å². The third-order valence-electron chi connectivity index (χ3n) is 7.82. The van der Waals surface area contributed by atoms with Crippen molar-refractivity contribution in [1.82, 2.24) is 0 Å². The molecule has 3 N–H and O–H groups in total. The summed E-state index contributed by atoms with van der Waals surface area (Å²) in [6.45, 7) is 12.9. The third kappa shape index (κ3) is 8.18. The highest BCUT2D eigenvalue weighted by atomic mass is 16.5. The van der Waals surface area contributed by atoms with E-state index in [1.807, 2.05) is 19.1 Å². The van der Waals surface area contributed by atoms with E-state index >= 15 is 0 Å². The van der Waals surface area contributed by atoms with E-state index in [0.717, 1.165) is 49.7 Å². The van der Waals surface area contributed by atoms with E-state index in [1.54, 1.807) is 0 Å². The molecule has 0 fully saturated rings. The van der Waals surface area contributed by atoms with Crippen LogP contribution >= 0.6 is 0 Å². The number of carbonyl (C=O) groups is 1. The molecule has 38 heavy (non-hydrogen) atoms. The van der Waals surface area contributed by atoms with Gasteiger partial charge in [-0.05, 0) is 79.8 Å². The molecular formula is C33H48O5. The largest absolute Gasteiger partial charge is 0.491 e. The van der Waals surface area contributed by atoms with Crippen LogP contribution in [0, 0.1) is 13.8 Å². The fourth-order valence-electron chi connectivity index (χ4n) is 5.46. The highest BCUT2D eigenvalue weighted by molar-refractivity contribution is 5.66. The molecule has 0 saturated carbocycles. The lowest BCUT2D eigenvalue weighted by molar-refractivity contribution is -0.137. The van der Waals surface area contributed by atoms with E-state index in [0.29, 0.717) is 5.75 Å². The number of carboxylic acids is 1. The van der Waals surface area contributed by atoms with Gasteiger partial charge in [0.05, 0.1) is 11.7 Å². The first-order valence-corrected chi connectivity index (χ1v) is 14.2. The van der Waals surface area contributed by atoms with Crippen LogP contribution in [0.5, 0.6) is 5.75 Å². The lowest BCUT2D eigenvalue weighted by Gasteiger charge is -2.34. The molecular weight excluding hydrogens is 476 g/mol. The normalized spacial score (nSPS) is 13.2. The van der Waals surface area contributed by atoms with Crippen LogP contribution < -0.4 is 4.74 Å². The Kier molecular flexibility index (Phi) is 12.1. The molecule has 0 aromatic heterocycles. The number of aryl methyl sites for hydroxylation is 2. The molecule has 2 rings (SSSR count). The van der Waals surface area contributed by atoms with Gasteiger partial charge >= 0.3 is 5.97 Å². The number of ether oxygens (including phenoxy) is 1. The van der Waals surface area contributed by atoms with Crippen molar-refractivity contribution in [2.75, 3.05) is 6.61 Å². The highest BCUT2D eigenvalue weighted by Gasteiger charge is 2.31. The summed E-state index contributed by atoms with van der Waals surface area (Å²) in [5.41, 5.74) is 4.89. The maximum atomic E-state index is 11.0. The molecule has 0 aliphatic carbocycles. The minimum absolute atomic E-state index is 0.0694. The van der Waals surface area contributed by atoms with Gasteiger partial charge in [0.2, 0.25) is 0 Å². The Balaban J connectivity index is 2.30. The second-order valence-electron chi connectivity index (χ2n) is 10.7. The lowest BCUT2D eigenvalue weighted by atomic mass is 9.70. The van der Waals surface area contributed by atoms with Crippen molar-refractivity contribution in [2.24, 2.45) is 0 Å². The number of aliphatic hydroxyl groups is 2. The SMILES string of the molecule is CCCC(O)(/C=C/c1ccc(C(CC)(CC)c2ccc(OC[C@@H](O)CCC(=O)O)c(C)c2)cc1C)CCC. The highest BCUT2D eigenvalue weighted by Crippen LogP contribution is 2.41. The standard InChI is InChI=1S/C33H48O5/c1-7-18-32(37,19-8-2)20-17-26-11-12-27(21-24(26)5)33(9-3,10-4)28-13-15-30(25(6)22-28)38-23-29(34)14-16-31(35)36/h11-13,15,17,20-22,29,34,37H,7-10,14,16,18-19,23H2,1-6H3,(H,35,36)/b20-17+/t29-/m0/s1. The zero-order valence-electron chi connectivity index (χ0n) is 24.2. The van der Waals surface area contributed by atoms with E-state index < -0.39 is 17.7 Å². The van der Waals surface area contributed by atoms with Crippen LogP contribution in [0.3, 0.4) is 0 Å². The summed E-state index contributed by atoms with van der Waals surface area (Å²) in [7, 11) is 0. The second-order valence-corrected chi connectivity index (χ2v) is 10.7. The minimum Gasteiger partial charge on any atom is -0.491 e. The fourth-order valence-corrected chi connectivity index (χ4v) is 5.46. The molecule has 210 valence electrons. The molecule has 0 aliphatic rings. The summed E-state index contributed by atoms with van der Waals surface area (Å²) >= 11 is 0. The average Bonchev–Trinajstić information content (AvgIpc) is 2.88. The number of aliphatic hydroxyl groups excluding tert-OH is 1. The molecule has 1 atom stereocenters. The molecule has 0 saturated heterocycles. The number of aliphatic carboxylic acids is 1. The molecule has 5 nitrogen and oxygen atoms in total. The minimum atomic E-state index is -0.922. The smallest absolute Gasteiger partial charge is 0.303 e. The van der Waals surface area contributed by atoms with Crippen LogP contribution in [0.1, 0.15) is 107 Å². The van der Waals surface area contributed by atoms with Crippen LogP contribution in [0.15, 0.2) is 42.5 Å². The first-order valence-electron chi connectivity index (χ1n) is 14.2. The molecule has 0 unspecified atom stereocenters. The summed E-state index contributed by atoms with van der Waals surface area (Å²) in [4.78, 5) is 10.7. The van der Waals surface area contributed by atoms with Crippen molar-refractivity contribution >= 4 is 12.0 Å². The van der Waals surface area contributed by atoms with Gasteiger partial charge in [0.25, 0.3) is 0 Å². The van der Waals surface area contributed by atoms with Gasteiger partial charge in [-0.1, -0.05) is 83.0 Å². The molecule has 2 aromatic rings. The quantitative estimate of drug-likeness (QED) is 0.214. The Hall–Kier alpha value is -2.63. The average molecular weight is 525 g/mol. The first-order chi connectivity index (χ1) is 18.0. The van der Waals surface area contributed by atoms with Gasteiger partial charge in [-0.2, -0.15) is 0 Å². The zero-order valence-corrected chi connectivity index (χ0v) is 24.2. The van der Waals surface area contributed by atoms with Crippen LogP contribution in [-0.2, 0) is 10.2 Å². The fraction of sp³-hybridized carbons (Fsp3) is 0.545. The summed E-state index contributed by atoms with van der Waals surface area (Å²) in [6.07, 6.45) is 8.65. The van der Waals surface area contributed by atoms with E-state index in [4.69, 9.17) is 9.84 Å².